The molecule has 0 saturated carbocycles. The lowest BCUT2D eigenvalue weighted by Crippen LogP contribution is -2.50. The summed E-state index contributed by atoms with van der Waals surface area (Å²) >= 11 is 12.6. The number of ether oxygens (including phenoxy) is 1. The number of nitrogens with one attached hydrogen (secondary N) is 2. The third-order valence-electron chi connectivity index (χ3n) is 8.54. The molecule has 2 N–H and O–H groups in total. The molecule has 0 bridgehead atoms. The summed E-state index contributed by atoms with van der Waals surface area (Å²) in [5, 5.41) is 6.57. The van der Waals surface area contributed by atoms with Gasteiger partial charge in [-0.3, -0.25) is 19.4 Å². The van der Waals surface area contributed by atoms with Crippen LogP contribution in [0.3, 0.4) is 0 Å². The second kappa shape index (κ2) is 11.2. The lowest BCUT2D eigenvalue weighted by molar-refractivity contribution is -0.126. The fourth-order valence-corrected chi connectivity index (χ4v) is 7.19. The first-order valence-corrected chi connectivity index (χ1v) is 14.6. The van der Waals surface area contributed by atoms with Gasteiger partial charge < -0.3 is 15.4 Å². The van der Waals surface area contributed by atoms with E-state index in [1.807, 2.05) is 18.0 Å². The van der Waals surface area contributed by atoms with Crippen LogP contribution < -0.4 is 10.6 Å². The van der Waals surface area contributed by atoms with Gasteiger partial charge in [0.15, 0.2) is 0 Å². The van der Waals surface area contributed by atoms with Gasteiger partial charge >= 0.3 is 0 Å². The molecule has 5 rings (SSSR count). The zero-order chi connectivity index (χ0) is 28.8. The maximum atomic E-state index is 15.9. The van der Waals surface area contributed by atoms with Crippen molar-refractivity contribution in [2.45, 2.75) is 50.6 Å². The molecule has 3 aliphatic rings. The van der Waals surface area contributed by atoms with Gasteiger partial charge in [-0.2, -0.15) is 0 Å². The summed E-state index contributed by atoms with van der Waals surface area (Å²) in [6.07, 6.45) is 0.592. The second-order valence-corrected chi connectivity index (χ2v) is 13.1. The Labute approximate surface area is 245 Å². The first-order chi connectivity index (χ1) is 18.9. The summed E-state index contributed by atoms with van der Waals surface area (Å²) in [7, 11) is 1.87. The van der Waals surface area contributed by atoms with E-state index in [-0.39, 0.29) is 27.8 Å². The maximum Gasteiger partial charge on any atom is 0.238 e. The van der Waals surface area contributed by atoms with Crippen LogP contribution in [0.25, 0.3) is 0 Å². The van der Waals surface area contributed by atoms with Gasteiger partial charge in [0.25, 0.3) is 0 Å². The smallest absolute Gasteiger partial charge is 0.238 e. The number of carbonyl (C=O) groups excluding carboxylic acids is 2. The van der Waals surface area contributed by atoms with Crippen molar-refractivity contribution in [2.75, 3.05) is 51.8 Å². The van der Waals surface area contributed by atoms with E-state index in [2.05, 4.69) is 36.3 Å². The molecule has 3 aliphatic heterocycles. The van der Waals surface area contributed by atoms with Crippen LogP contribution in [-0.2, 0) is 19.7 Å². The molecule has 216 valence electrons. The molecule has 2 aromatic rings. The van der Waals surface area contributed by atoms with Crippen molar-refractivity contribution in [1.82, 2.24) is 15.1 Å². The molecule has 0 radical (unpaired) electrons. The van der Waals surface area contributed by atoms with Crippen LogP contribution >= 0.6 is 23.2 Å². The SMILES string of the molecule is CN1[C@H](C(=O)NCCN2CCOCC2)[C@H](c2cccc(Cl)c2F)[C@@]2(C(=O)Nc3cc(Cl)ccc32)[C@H]1CC(C)(C)C. The van der Waals surface area contributed by atoms with Gasteiger partial charge in [0.05, 0.1) is 24.3 Å². The topological polar surface area (TPSA) is 73.9 Å². The first-order valence-electron chi connectivity index (χ1n) is 13.8. The minimum atomic E-state index is -1.25. The van der Waals surface area contributed by atoms with Gasteiger partial charge in [0.1, 0.15) is 11.2 Å². The predicted molar refractivity (Wildman–Crippen MR) is 156 cm³/mol. The fraction of sp³-hybridized carbons (Fsp3) is 0.533. The highest BCUT2D eigenvalue weighted by atomic mass is 35.5. The van der Waals surface area contributed by atoms with Crippen molar-refractivity contribution in [3.63, 3.8) is 0 Å². The standard InChI is InChI=1S/C30H37Cl2FN4O3/c1-29(2,3)17-23-30(20-9-8-18(31)16-22(20)35-28(30)39)24(19-6-5-7-21(32)25(19)33)26(36(23)4)27(38)34-10-11-37-12-14-40-15-13-37/h5-9,16,23-24,26H,10-15,17H2,1-4H3,(H,34,38)(H,35,39)/t23-,24+,26+,30+/m1/s1. The molecule has 2 aromatic carbocycles. The highest BCUT2D eigenvalue weighted by molar-refractivity contribution is 6.31. The average molecular weight is 592 g/mol. The highest BCUT2D eigenvalue weighted by Crippen LogP contribution is 2.60. The molecule has 2 fully saturated rings. The normalized spacial score (nSPS) is 27.2. The lowest BCUT2D eigenvalue weighted by atomic mass is 9.62. The van der Waals surface area contributed by atoms with E-state index >= 15 is 4.39 Å². The Hall–Kier alpha value is -2.23. The van der Waals surface area contributed by atoms with Gasteiger partial charge in [0.2, 0.25) is 11.8 Å². The number of rotatable bonds is 6. The van der Waals surface area contributed by atoms with E-state index < -0.39 is 29.2 Å². The third kappa shape index (κ3) is 5.13. The van der Waals surface area contributed by atoms with Gasteiger partial charge in [-0.05, 0) is 48.2 Å². The maximum absolute atomic E-state index is 15.9. The minimum absolute atomic E-state index is 0.0456. The van der Waals surface area contributed by atoms with Crippen molar-refractivity contribution in [3.8, 4) is 0 Å². The number of fused-ring (bicyclic) bond motifs is 2. The Morgan fingerprint density at radius 3 is 2.62 bits per heavy atom. The van der Waals surface area contributed by atoms with Gasteiger partial charge in [-0.15, -0.1) is 0 Å². The molecule has 0 aromatic heterocycles. The van der Waals surface area contributed by atoms with Crippen molar-refractivity contribution >= 4 is 40.7 Å². The van der Waals surface area contributed by atoms with E-state index in [4.69, 9.17) is 27.9 Å². The largest absolute Gasteiger partial charge is 0.379 e. The Morgan fingerprint density at radius 1 is 1.20 bits per heavy atom. The molecule has 0 unspecified atom stereocenters. The number of anilines is 1. The number of halogens is 3. The van der Waals surface area contributed by atoms with E-state index in [0.717, 1.165) is 18.7 Å². The monoisotopic (exact) mass is 590 g/mol. The van der Waals surface area contributed by atoms with Crippen LogP contribution in [0.4, 0.5) is 10.1 Å². The van der Waals surface area contributed by atoms with Gasteiger partial charge in [-0.25, -0.2) is 4.39 Å². The molecule has 2 saturated heterocycles. The number of hydrogen-bond acceptors (Lipinski definition) is 5. The van der Waals surface area contributed by atoms with Crippen molar-refractivity contribution in [3.05, 3.63) is 63.4 Å². The van der Waals surface area contributed by atoms with E-state index in [0.29, 0.717) is 43.4 Å². The molecule has 2 amide bonds. The number of morpholine rings is 1. The molecular formula is C30H37Cl2FN4O3. The summed E-state index contributed by atoms with van der Waals surface area (Å²) in [6, 6.07) is 8.89. The lowest BCUT2D eigenvalue weighted by Gasteiger charge is -2.39. The summed E-state index contributed by atoms with van der Waals surface area (Å²) in [4.78, 5) is 32.6. The van der Waals surface area contributed by atoms with Gasteiger partial charge in [0, 0.05) is 48.8 Å². The first kappa shape index (κ1) is 29.3. The molecule has 40 heavy (non-hydrogen) atoms. The van der Waals surface area contributed by atoms with Crippen LogP contribution in [0.2, 0.25) is 10.0 Å². The van der Waals surface area contributed by atoms with Crippen molar-refractivity contribution in [2.24, 2.45) is 5.41 Å². The molecule has 7 nitrogen and oxygen atoms in total. The quantitative estimate of drug-likeness (QED) is 0.511. The highest BCUT2D eigenvalue weighted by Gasteiger charge is 2.68. The second-order valence-electron chi connectivity index (χ2n) is 12.3. The zero-order valence-corrected chi connectivity index (χ0v) is 24.9. The molecule has 3 heterocycles. The van der Waals surface area contributed by atoms with Crippen molar-refractivity contribution in [1.29, 1.82) is 0 Å². The Bertz CT molecular complexity index is 1300. The van der Waals surface area contributed by atoms with Crippen LogP contribution in [0.1, 0.15) is 44.2 Å². The van der Waals surface area contributed by atoms with E-state index in [1.165, 1.54) is 6.07 Å². The van der Waals surface area contributed by atoms with Crippen LogP contribution in [0.15, 0.2) is 36.4 Å². The molecule has 4 atom stereocenters. The number of hydrogen-bond donors (Lipinski definition) is 2. The summed E-state index contributed by atoms with van der Waals surface area (Å²) in [6.45, 7) is 10.4. The van der Waals surface area contributed by atoms with E-state index in [9.17, 15) is 9.59 Å². The number of amides is 2. The molecule has 10 heteroatoms. The molecular weight excluding hydrogens is 554 g/mol. The Kier molecular flexibility index (Phi) is 8.21. The summed E-state index contributed by atoms with van der Waals surface area (Å²) in [5.41, 5.74) is 0.115. The molecule has 0 aliphatic carbocycles. The summed E-state index contributed by atoms with van der Waals surface area (Å²) < 4.78 is 21.4. The average Bonchev–Trinajstić information content (AvgIpc) is 3.31. The number of likely N-dealkylation sites (N-methyl/N-ethyl adjacent to an activating group) is 1. The van der Waals surface area contributed by atoms with Gasteiger partial charge in [-0.1, -0.05) is 62.2 Å². The van der Waals surface area contributed by atoms with Crippen LogP contribution in [0.5, 0.6) is 0 Å². The van der Waals surface area contributed by atoms with Crippen LogP contribution in [-0.4, -0.2) is 80.1 Å². The number of nitrogens with zero attached hydrogens (tertiary/aromatic N) is 2. The van der Waals surface area contributed by atoms with E-state index in [1.54, 1.807) is 24.3 Å². The van der Waals surface area contributed by atoms with Crippen LogP contribution in [0, 0.1) is 11.2 Å². The minimum Gasteiger partial charge on any atom is -0.379 e. The Balaban J connectivity index is 1.63. The van der Waals surface area contributed by atoms with Crippen molar-refractivity contribution < 1.29 is 18.7 Å². The summed E-state index contributed by atoms with van der Waals surface area (Å²) in [5.74, 6) is -1.96. The number of likely N-dealkylation sites (tertiary alicyclic amines) is 1. The zero-order valence-electron chi connectivity index (χ0n) is 23.4. The Morgan fingerprint density at radius 2 is 1.93 bits per heavy atom. The fourth-order valence-electron chi connectivity index (χ4n) is 6.84. The third-order valence-corrected chi connectivity index (χ3v) is 9.06. The molecule has 1 spiro atoms. The number of benzene rings is 2. The number of carbonyl (C=O) groups is 2. The predicted octanol–water partition coefficient (Wildman–Crippen LogP) is 4.67.